The first-order valence-electron chi connectivity index (χ1n) is 10.1. The van der Waals surface area contributed by atoms with Gasteiger partial charge in [0.2, 0.25) is 0 Å². The minimum Gasteiger partial charge on any atom is -0.461 e. The number of anilines is 1. The Morgan fingerprint density at radius 2 is 1.76 bits per heavy atom. The van der Waals surface area contributed by atoms with Gasteiger partial charge in [-0.2, -0.15) is 10.5 Å². The maximum Gasteiger partial charge on any atom is 0.333 e. The molecule has 1 heterocycles. The fourth-order valence-electron chi connectivity index (χ4n) is 2.70. The van der Waals surface area contributed by atoms with E-state index in [1.165, 1.54) is 0 Å². The van der Waals surface area contributed by atoms with Crippen molar-refractivity contribution in [2.45, 2.75) is 13.8 Å². The van der Waals surface area contributed by atoms with E-state index in [9.17, 15) is 14.9 Å². The smallest absolute Gasteiger partial charge is 0.333 e. The molecule has 0 spiro atoms. The largest absolute Gasteiger partial charge is 0.461 e. The lowest BCUT2D eigenvalue weighted by Gasteiger charge is -2.24. The van der Waals surface area contributed by atoms with Crippen molar-refractivity contribution in [3.8, 4) is 12.1 Å². The topological polar surface area (TPSA) is 128 Å². The van der Waals surface area contributed by atoms with Gasteiger partial charge in [0.1, 0.15) is 30.2 Å². The fraction of sp³-hybridized carbons (Fsp3) is 0.250. The highest BCUT2D eigenvalue weighted by Crippen LogP contribution is 2.35. The van der Waals surface area contributed by atoms with Crippen LogP contribution >= 0.6 is 11.3 Å². The van der Waals surface area contributed by atoms with Gasteiger partial charge in [-0.15, -0.1) is 21.6 Å². The number of nitriles is 2. The minimum atomic E-state index is -0.524. The average Bonchev–Trinajstić information content (AvgIpc) is 3.15. The van der Waals surface area contributed by atoms with Gasteiger partial charge in [-0.3, -0.25) is 0 Å². The molecule has 9 nitrogen and oxygen atoms in total. The number of rotatable bonds is 11. The standard InChI is InChI=1S/C24H23N5O4S/c1-5-22(30)32-12-10-29(11-13-33-24(31)16(2)3)19-8-6-18(7-9-19)27-28-23-20(14-25)17(4)21(15-26)34-23/h5-9H,1-2,10-13H2,3-4H3. The molecule has 0 atom stereocenters. The Morgan fingerprint density at radius 3 is 2.32 bits per heavy atom. The van der Waals surface area contributed by atoms with Crippen molar-refractivity contribution in [3.05, 3.63) is 65.1 Å². The molecule has 0 saturated heterocycles. The fourth-order valence-corrected chi connectivity index (χ4v) is 3.57. The molecule has 2 rings (SSSR count). The zero-order valence-electron chi connectivity index (χ0n) is 18.9. The summed E-state index contributed by atoms with van der Waals surface area (Å²) in [6.07, 6.45) is 1.09. The zero-order chi connectivity index (χ0) is 25.1. The Hall–Kier alpha value is -4.28. The summed E-state index contributed by atoms with van der Waals surface area (Å²) in [5.41, 5.74) is 2.58. The lowest BCUT2D eigenvalue weighted by molar-refractivity contribution is -0.138. The number of hydrogen-bond acceptors (Lipinski definition) is 10. The summed E-state index contributed by atoms with van der Waals surface area (Å²) in [7, 11) is 0. The first kappa shape index (κ1) is 26.0. The van der Waals surface area contributed by atoms with Crippen molar-refractivity contribution in [1.82, 2.24) is 0 Å². The SMILES string of the molecule is C=CC(=O)OCCN(CCOC(=O)C(=C)C)c1ccc(N=Nc2sc(C#N)c(C)c2C#N)cc1. The maximum atomic E-state index is 11.6. The van der Waals surface area contributed by atoms with Crippen LogP contribution in [-0.2, 0) is 19.1 Å². The summed E-state index contributed by atoms with van der Waals surface area (Å²) in [5.74, 6) is -1.00. The van der Waals surface area contributed by atoms with E-state index in [4.69, 9.17) is 14.7 Å². The molecule has 0 amide bonds. The average molecular weight is 478 g/mol. The summed E-state index contributed by atoms with van der Waals surface area (Å²) in [5, 5.41) is 27.2. The van der Waals surface area contributed by atoms with Gasteiger partial charge in [-0.05, 0) is 43.7 Å². The molecular formula is C24H23N5O4S. The molecule has 0 N–H and O–H groups in total. The number of carbonyl (C=O) groups is 2. The van der Waals surface area contributed by atoms with Gasteiger partial charge >= 0.3 is 11.9 Å². The molecule has 2 aromatic rings. The summed E-state index contributed by atoms with van der Waals surface area (Å²) >= 11 is 1.12. The van der Waals surface area contributed by atoms with Crippen LogP contribution in [0.2, 0.25) is 0 Å². The van der Waals surface area contributed by atoms with Crippen LogP contribution in [-0.4, -0.2) is 38.2 Å². The van der Waals surface area contributed by atoms with Gasteiger partial charge in [0.15, 0.2) is 5.00 Å². The van der Waals surface area contributed by atoms with E-state index in [0.29, 0.717) is 45.4 Å². The summed E-state index contributed by atoms with van der Waals surface area (Å²) in [6, 6.07) is 11.2. The van der Waals surface area contributed by atoms with Crippen molar-refractivity contribution in [1.29, 1.82) is 10.5 Å². The van der Waals surface area contributed by atoms with E-state index >= 15 is 0 Å². The summed E-state index contributed by atoms with van der Waals surface area (Å²) in [4.78, 5) is 25.3. The molecule has 0 radical (unpaired) electrons. The van der Waals surface area contributed by atoms with Gasteiger partial charge in [-0.1, -0.05) is 13.2 Å². The highest BCUT2D eigenvalue weighted by atomic mass is 32.1. The summed E-state index contributed by atoms with van der Waals surface area (Å²) < 4.78 is 10.2. The van der Waals surface area contributed by atoms with Crippen molar-refractivity contribution in [2.75, 3.05) is 31.2 Å². The predicted octanol–water partition coefficient (Wildman–Crippen LogP) is 4.87. The molecule has 174 valence electrons. The maximum absolute atomic E-state index is 11.6. The molecule has 1 aromatic heterocycles. The second-order valence-electron chi connectivity index (χ2n) is 6.95. The molecule has 0 bridgehead atoms. The first-order valence-corrected chi connectivity index (χ1v) is 10.9. The second-order valence-corrected chi connectivity index (χ2v) is 7.95. The number of benzene rings is 1. The van der Waals surface area contributed by atoms with Gasteiger partial charge in [-0.25, -0.2) is 9.59 Å². The number of nitrogens with zero attached hydrogens (tertiary/aromatic N) is 5. The molecule has 0 unspecified atom stereocenters. The number of esters is 2. The minimum absolute atomic E-state index is 0.122. The monoisotopic (exact) mass is 477 g/mol. The molecule has 0 saturated carbocycles. The molecule has 1 aromatic carbocycles. The third-order valence-electron chi connectivity index (χ3n) is 4.53. The molecule has 10 heteroatoms. The normalized spacial score (nSPS) is 10.2. The highest BCUT2D eigenvalue weighted by Gasteiger charge is 2.14. The second kappa shape index (κ2) is 12.7. The van der Waals surface area contributed by atoms with Crippen LogP contribution in [0.15, 0.2) is 59.3 Å². The Kier molecular flexibility index (Phi) is 9.69. The van der Waals surface area contributed by atoms with Gasteiger partial charge in [0, 0.05) is 17.3 Å². The lowest BCUT2D eigenvalue weighted by atomic mass is 10.2. The van der Waals surface area contributed by atoms with Gasteiger partial charge in [0.05, 0.1) is 24.3 Å². The molecule has 34 heavy (non-hydrogen) atoms. The van der Waals surface area contributed by atoms with Crippen molar-refractivity contribution in [2.24, 2.45) is 10.2 Å². The predicted molar refractivity (Wildman–Crippen MR) is 128 cm³/mol. The third kappa shape index (κ3) is 7.12. The van der Waals surface area contributed by atoms with Crippen LogP contribution in [0.3, 0.4) is 0 Å². The van der Waals surface area contributed by atoms with Crippen LogP contribution in [0.25, 0.3) is 0 Å². The zero-order valence-corrected chi connectivity index (χ0v) is 19.7. The molecule has 0 aliphatic carbocycles. The van der Waals surface area contributed by atoms with Gasteiger partial charge in [0.25, 0.3) is 0 Å². The van der Waals surface area contributed by atoms with Crippen molar-refractivity contribution >= 4 is 39.7 Å². The number of hydrogen-bond donors (Lipinski definition) is 0. The van der Waals surface area contributed by atoms with Gasteiger partial charge < -0.3 is 14.4 Å². The van der Waals surface area contributed by atoms with Crippen LogP contribution in [0, 0.1) is 29.6 Å². The molecule has 0 aliphatic rings. The van der Waals surface area contributed by atoms with E-state index in [1.54, 1.807) is 38.1 Å². The Balaban J connectivity index is 2.13. The van der Waals surface area contributed by atoms with Crippen LogP contribution in [0.5, 0.6) is 0 Å². The molecular weight excluding hydrogens is 454 g/mol. The Bertz CT molecular complexity index is 1190. The quantitative estimate of drug-likeness (QED) is 0.256. The Labute approximate surface area is 201 Å². The molecule has 0 aliphatic heterocycles. The molecule has 0 fully saturated rings. The Morgan fingerprint density at radius 1 is 1.12 bits per heavy atom. The van der Waals surface area contributed by atoms with Crippen molar-refractivity contribution in [3.63, 3.8) is 0 Å². The number of ether oxygens (including phenoxy) is 2. The van der Waals surface area contributed by atoms with E-state index in [2.05, 4.69) is 35.5 Å². The van der Waals surface area contributed by atoms with E-state index in [1.807, 2.05) is 4.90 Å². The van der Waals surface area contributed by atoms with Crippen LogP contribution in [0.1, 0.15) is 22.9 Å². The van der Waals surface area contributed by atoms with E-state index < -0.39 is 11.9 Å². The number of thiophene rings is 1. The lowest BCUT2D eigenvalue weighted by Crippen LogP contribution is -2.32. The number of carbonyl (C=O) groups excluding carboxylic acids is 2. The number of azo groups is 1. The highest BCUT2D eigenvalue weighted by molar-refractivity contribution is 7.16. The first-order chi connectivity index (χ1) is 16.3. The summed E-state index contributed by atoms with van der Waals surface area (Å²) in [6.45, 7) is 11.2. The van der Waals surface area contributed by atoms with Crippen molar-refractivity contribution < 1.29 is 19.1 Å². The third-order valence-corrected chi connectivity index (χ3v) is 5.61. The van der Waals surface area contributed by atoms with Crippen LogP contribution < -0.4 is 4.90 Å². The van der Waals surface area contributed by atoms with E-state index in [-0.39, 0.29) is 13.2 Å². The van der Waals surface area contributed by atoms with E-state index in [0.717, 1.165) is 23.1 Å². The van der Waals surface area contributed by atoms with Crippen LogP contribution in [0.4, 0.5) is 16.4 Å².